The molecule has 0 radical (unpaired) electrons. The van der Waals surface area contributed by atoms with Crippen molar-refractivity contribution in [2.45, 2.75) is 19.2 Å². The van der Waals surface area contributed by atoms with Gasteiger partial charge in [0.2, 0.25) is 0 Å². The van der Waals surface area contributed by atoms with Crippen LogP contribution in [-0.4, -0.2) is 30.0 Å². The van der Waals surface area contributed by atoms with Crippen LogP contribution in [-0.2, 0) is 11.0 Å². The van der Waals surface area contributed by atoms with Crippen LogP contribution in [0.2, 0.25) is 0 Å². The highest BCUT2D eigenvalue weighted by atomic mass is 19.4. The SMILES string of the molecule is C[C@H](Oc1ccccc1)C(=O)NCCNc1ccc(C(F)(F)F)cc1[N+](=O)[O-]. The number of rotatable bonds is 8. The number of nitro groups is 1. The smallest absolute Gasteiger partial charge is 0.416 e. The minimum atomic E-state index is -4.67. The lowest BCUT2D eigenvalue weighted by Crippen LogP contribution is -2.38. The summed E-state index contributed by atoms with van der Waals surface area (Å²) in [7, 11) is 0. The molecule has 1 atom stereocenters. The molecule has 0 saturated heterocycles. The van der Waals surface area contributed by atoms with Crippen LogP contribution in [0.15, 0.2) is 48.5 Å². The fourth-order valence-corrected chi connectivity index (χ4v) is 2.29. The van der Waals surface area contributed by atoms with Crippen molar-refractivity contribution in [1.29, 1.82) is 0 Å². The lowest BCUT2D eigenvalue weighted by Gasteiger charge is -2.15. The Morgan fingerprint density at radius 3 is 2.46 bits per heavy atom. The van der Waals surface area contributed by atoms with Crippen molar-refractivity contribution in [3.05, 3.63) is 64.2 Å². The molecule has 150 valence electrons. The molecule has 0 fully saturated rings. The van der Waals surface area contributed by atoms with Gasteiger partial charge in [-0.25, -0.2) is 0 Å². The van der Waals surface area contributed by atoms with Gasteiger partial charge in [0.05, 0.1) is 10.5 Å². The van der Waals surface area contributed by atoms with Crippen LogP contribution < -0.4 is 15.4 Å². The van der Waals surface area contributed by atoms with Gasteiger partial charge < -0.3 is 15.4 Å². The van der Waals surface area contributed by atoms with Gasteiger partial charge in [0.1, 0.15) is 11.4 Å². The maximum Gasteiger partial charge on any atom is 0.416 e. The predicted octanol–water partition coefficient (Wildman–Crippen LogP) is 3.61. The van der Waals surface area contributed by atoms with Crippen LogP contribution in [0, 0.1) is 10.1 Å². The largest absolute Gasteiger partial charge is 0.481 e. The number of nitrogens with zero attached hydrogens (tertiary/aromatic N) is 1. The van der Waals surface area contributed by atoms with E-state index in [-0.39, 0.29) is 18.8 Å². The Morgan fingerprint density at radius 2 is 1.86 bits per heavy atom. The Labute approximate surface area is 158 Å². The lowest BCUT2D eigenvalue weighted by molar-refractivity contribution is -0.384. The fourth-order valence-electron chi connectivity index (χ4n) is 2.29. The summed E-state index contributed by atoms with van der Waals surface area (Å²) < 4.78 is 43.5. The molecule has 0 aliphatic carbocycles. The molecule has 28 heavy (non-hydrogen) atoms. The molecule has 2 aromatic carbocycles. The van der Waals surface area contributed by atoms with Gasteiger partial charge in [0.25, 0.3) is 11.6 Å². The quantitative estimate of drug-likeness (QED) is 0.403. The highest BCUT2D eigenvalue weighted by Gasteiger charge is 2.33. The predicted molar refractivity (Wildman–Crippen MR) is 96.1 cm³/mol. The van der Waals surface area contributed by atoms with E-state index in [1.54, 1.807) is 31.2 Å². The van der Waals surface area contributed by atoms with Gasteiger partial charge in [0, 0.05) is 19.2 Å². The zero-order chi connectivity index (χ0) is 20.7. The van der Waals surface area contributed by atoms with E-state index < -0.39 is 34.4 Å². The Kier molecular flexibility index (Phi) is 6.80. The second-order valence-electron chi connectivity index (χ2n) is 5.78. The van der Waals surface area contributed by atoms with E-state index in [2.05, 4.69) is 10.6 Å². The van der Waals surface area contributed by atoms with Crippen LogP contribution in [0.5, 0.6) is 5.75 Å². The average molecular weight is 397 g/mol. The molecule has 0 aromatic heterocycles. The Bertz CT molecular complexity index is 829. The summed E-state index contributed by atoms with van der Waals surface area (Å²) >= 11 is 0. The average Bonchev–Trinajstić information content (AvgIpc) is 2.64. The van der Waals surface area contributed by atoms with Crippen LogP contribution in [0.3, 0.4) is 0 Å². The number of para-hydroxylation sites is 1. The summed E-state index contributed by atoms with van der Waals surface area (Å²) in [6.07, 6.45) is -5.44. The highest BCUT2D eigenvalue weighted by molar-refractivity contribution is 5.80. The summed E-state index contributed by atoms with van der Waals surface area (Å²) in [5, 5.41) is 16.3. The molecular weight excluding hydrogens is 379 g/mol. The molecule has 2 rings (SSSR count). The first-order chi connectivity index (χ1) is 13.2. The van der Waals surface area contributed by atoms with E-state index in [0.29, 0.717) is 11.8 Å². The summed E-state index contributed by atoms with van der Waals surface area (Å²) in [5.74, 6) is 0.135. The van der Waals surface area contributed by atoms with Crippen LogP contribution in [0.1, 0.15) is 12.5 Å². The second-order valence-corrected chi connectivity index (χ2v) is 5.78. The van der Waals surface area contributed by atoms with Gasteiger partial charge >= 0.3 is 6.18 Å². The highest BCUT2D eigenvalue weighted by Crippen LogP contribution is 2.34. The summed E-state index contributed by atoms with van der Waals surface area (Å²) in [6, 6.07) is 11.0. The molecule has 0 spiro atoms. The van der Waals surface area contributed by atoms with E-state index >= 15 is 0 Å². The topological polar surface area (TPSA) is 93.5 Å². The zero-order valence-electron chi connectivity index (χ0n) is 14.8. The number of hydrogen-bond donors (Lipinski definition) is 2. The van der Waals surface area contributed by atoms with E-state index in [9.17, 15) is 28.1 Å². The van der Waals surface area contributed by atoms with Crippen LogP contribution in [0.25, 0.3) is 0 Å². The Balaban J connectivity index is 1.87. The van der Waals surface area contributed by atoms with Crippen molar-refractivity contribution in [1.82, 2.24) is 5.32 Å². The maximum atomic E-state index is 12.7. The van der Waals surface area contributed by atoms with Crippen molar-refractivity contribution in [3.8, 4) is 5.75 Å². The molecule has 0 unspecified atom stereocenters. The van der Waals surface area contributed by atoms with Crippen molar-refractivity contribution >= 4 is 17.3 Å². The monoisotopic (exact) mass is 397 g/mol. The number of benzene rings is 2. The van der Waals surface area contributed by atoms with Crippen molar-refractivity contribution in [3.63, 3.8) is 0 Å². The summed E-state index contributed by atoms with van der Waals surface area (Å²) in [6.45, 7) is 1.74. The minimum absolute atomic E-state index is 0.0687. The lowest BCUT2D eigenvalue weighted by atomic mass is 10.1. The number of halogens is 3. The molecule has 7 nitrogen and oxygen atoms in total. The third-order valence-electron chi connectivity index (χ3n) is 3.69. The molecular formula is C18H18F3N3O4. The number of ether oxygens (including phenoxy) is 1. The number of carbonyl (C=O) groups is 1. The molecule has 0 saturated carbocycles. The van der Waals surface area contributed by atoms with Crippen LogP contribution >= 0.6 is 0 Å². The normalized spacial score (nSPS) is 12.1. The van der Waals surface area contributed by atoms with E-state index in [4.69, 9.17) is 4.74 Å². The molecule has 0 bridgehead atoms. The third kappa shape index (κ3) is 5.86. The zero-order valence-corrected chi connectivity index (χ0v) is 14.8. The van der Waals surface area contributed by atoms with E-state index in [1.165, 1.54) is 0 Å². The maximum absolute atomic E-state index is 12.7. The van der Waals surface area contributed by atoms with Crippen molar-refractivity contribution in [2.24, 2.45) is 0 Å². The molecule has 10 heteroatoms. The minimum Gasteiger partial charge on any atom is -0.481 e. The summed E-state index contributed by atoms with van der Waals surface area (Å²) in [4.78, 5) is 22.1. The molecule has 0 aliphatic rings. The number of nitrogens with one attached hydrogen (secondary N) is 2. The molecule has 1 amide bonds. The van der Waals surface area contributed by atoms with Gasteiger partial charge in [-0.3, -0.25) is 14.9 Å². The van der Waals surface area contributed by atoms with Gasteiger partial charge in [-0.1, -0.05) is 18.2 Å². The van der Waals surface area contributed by atoms with Gasteiger partial charge in [-0.2, -0.15) is 13.2 Å². The van der Waals surface area contributed by atoms with E-state index in [1.807, 2.05) is 6.07 Å². The first-order valence-corrected chi connectivity index (χ1v) is 8.27. The number of amides is 1. The van der Waals surface area contributed by atoms with Crippen LogP contribution in [0.4, 0.5) is 24.5 Å². The van der Waals surface area contributed by atoms with Crippen molar-refractivity contribution in [2.75, 3.05) is 18.4 Å². The molecule has 2 N–H and O–H groups in total. The number of hydrogen-bond acceptors (Lipinski definition) is 5. The number of carbonyl (C=O) groups excluding carboxylic acids is 1. The summed E-state index contributed by atoms with van der Waals surface area (Å²) in [5.41, 5.74) is -1.87. The van der Waals surface area contributed by atoms with Gasteiger partial charge in [-0.05, 0) is 31.2 Å². The molecule has 0 heterocycles. The van der Waals surface area contributed by atoms with Gasteiger partial charge in [-0.15, -0.1) is 0 Å². The van der Waals surface area contributed by atoms with Crippen molar-refractivity contribution < 1.29 is 27.6 Å². The Morgan fingerprint density at radius 1 is 1.18 bits per heavy atom. The molecule has 0 aliphatic heterocycles. The second kappa shape index (κ2) is 9.07. The number of nitro benzene ring substituents is 1. The fraction of sp³-hybridized carbons (Fsp3) is 0.278. The van der Waals surface area contributed by atoms with Gasteiger partial charge in [0.15, 0.2) is 6.10 Å². The third-order valence-corrected chi connectivity index (χ3v) is 3.69. The molecule has 2 aromatic rings. The Hall–Kier alpha value is -3.30. The first-order valence-electron chi connectivity index (χ1n) is 8.27. The number of alkyl halides is 3. The standard InChI is InChI=1S/C18H18F3N3O4/c1-12(28-14-5-3-2-4-6-14)17(25)23-10-9-22-15-8-7-13(18(19,20)21)11-16(15)24(26)27/h2-8,11-12,22H,9-10H2,1H3,(H,23,25)/t12-/m0/s1. The van der Waals surface area contributed by atoms with E-state index in [0.717, 1.165) is 12.1 Å². The number of anilines is 1. The first kappa shape index (κ1) is 21.0.